The molecular formula is C10H11NO5. The van der Waals surface area contributed by atoms with Gasteiger partial charge in [-0.3, -0.25) is 10.1 Å². The van der Waals surface area contributed by atoms with Crippen LogP contribution in [0.3, 0.4) is 0 Å². The first-order chi connectivity index (χ1) is 7.60. The number of nitrogens with zero attached hydrogens (tertiary/aromatic N) is 1. The molecule has 0 aromatic heterocycles. The van der Waals surface area contributed by atoms with E-state index in [0.29, 0.717) is 0 Å². The van der Waals surface area contributed by atoms with Crippen molar-refractivity contribution < 1.29 is 19.2 Å². The fourth-order valence-electron chi connectivity index (χ4n) is 1.17. The Hall–Kier alpha value is -2.11. The van der Waals surface area contributed by atoms with Crippen LogP contribution < -0.4 is 4.74 Å². The van der Waals surface area contributed by atoms with E-state index >= 15 is 0 Å². The van der Waals surface area contributed by atoms with Crippen molar-refractivity contribution in [2.45, 2.75) is 6.92 Å². The second-order valence-electron chi connectivity index (χ2n) is 2.86. The smallest absolute Gasteiger partial charge is 0.338 e. The van der Waals surface area contributed by atoms with Crippen LogP contribution in [0, 0.1) is 10.1 Å². The largest absolute Gasteiger partial charge is 0.490 e. The van der Waals surface area contributed by atoms with Gasteiger partial charge in [-0.2, -0.15) is 0 Å². The average molecular weight is 225 g/mol. The van der Waals surface area contributed by atoms with Gasteiger partial charge >= 0.3 is 11.7 Å². The predicted octanol–water partition coefficient (Wildman–Crippen LogP) is 1.78. The first-order valence-corrected chi connectivity index (χ1v) is 4.59. The fraction of sp³-hybridized carbons (Fsp3) is 0.300. The summed E-state index contributed by atoms with van der Waals surface area (Å²) in [5.74, 6) is -0.480. The summed E-state index contributed by atoms with van der Waals surface area (Å²) >= 11 is 0. The zero-order valence-electron chi connectivity index (χ0n) is 8.93. The number of methoxy groups -OCH3 is 1. The normalized spacial score (nSPS) is 9.62. The van der Waals surface area contributed by atoms with Gasteiger partial charge in [-0.05, 0) is 19.1 Å². The molecule has 1 aromatic rings. The first kappa shape index (κ1) is 12.0. The summed E-state index contributed by atoms with van der Waals surface area (Å²) < 4.78 is 9.54. The number of benzene rings is 1. The second kappa shape index (κ2) is 5.11. The van der Waals surface area contributed by atoms with Crippen molar-refractivity contribution in [3.05, 3.63) is 33.9 Å². The second-order valence-corrected chi connectivity index (χ2v) is 2.86. The third kappa shape index (κ3) is 2.47. The number of rotatable bonds is 4. The van der Waals surface area contributed by atoms with Gasteiger partial charge in [-0.1, -0.05) is 0 Å². The van der Waals surface area contributed by atoms with Crippen LogP contribution in [0.4, 0.5) is 5.69 Å². The van der Waals surface area contributed by atoms with Gasteiger partial charge in [-0.25, -0.2) is 4.79 Å². The Kier molecular flexibility index (Phi) is 3.82. The molecule has 0 unspecified atom stereocenters. The van der Waals surface area contributed by atoms with Crippen LogP contribution in [0.5, 0.6) is 5.75 Å². The van der Waals surface area contributed by atoms with Crippen LogP contribution in [0.25, 0.3) is 0 Å². The molecule has 16 heavy (non-hydrogen) atoms. The molecule has 0 radical (unpaired) electrons. The molecule has 6 nitrogen and oxygen atoms in total. The summed E-state index contributed by atoms with van der Waals surface area (Å²) in [6.45, 7) is 1.88. The Morgan fingerprint density at radius 3 is 2.69 bits per heavy atom. The zero-order valence-corrected chi connectivity index (χ0v) is 8.93. The fourth-order valence-corrected chi connectivity index (χ4v) is 1.17. The number of esters is 1. The van der Waals surface area contributed by atoms with Gasteiger partial charge in [-0.15, -0.1) is 0 Å². The van der Waals surface area contributed by atoms with Gasteiger partial charge in [0.25, 0.3) is 0 Å². The van der Waals surface area contributed by atoms with E-state index in [1.165, 1.54) is 19.2 Å². The third-order valence-corrected chi connectivity index (χ3v) is 1.89. The Balaban J connectivity index is 3.11. The lowest BCUT2D eigenvalue weighted by Crippen LogP contribution is -2.05. The topological polar surface area (TPSA) is 78.7 Å². The molecule has 0 bridgehead atoms. The van der Waals surface area contributed by atoms with Crippen molar-refractivity contribution in [3.63, 3.8) is 0 Å². The summed E-state index contributed by atoms with van der Waals surface area (Å²) in [6, 6.07) is 3.92. The molecule has 0 aliphatic carbocycles. The lowest BCUT2D eigenvalue weighted by atomic mass is 10.2. The van der Waals surface area contributed by atoms with Crippen molar-refractivity contribution in [1.29, 1.82) is 0 Å². The minimum absolute atomic E-state index is 0.109. The Labute approximate surface area is 91.9 Å². The van der Waals surface area contributed by atoms with Gasteiger partial charge in [0.15, 0.2) is 5.75 Å². The van der Waals surface area contributed by atoms with E-state index in [9.17, 15) is 14.9 Å². The molecule has 1 aromatic carbocycles. The molecule has 0 aliphatic heterocycles. The maximum Gasteiger partial charge on any atom is 0.338 e. The van der Waals surface area contributed by atoms with Gasteiger partial charge in [0.1, 0.15) is 0 Å². The summed E-state index contributed by atoms with van der Waals surface area (Å²) in [6.07, 6.45) is 0. The number of ether oxygens (including phenoxy) is 2. The highest BCUT2D eigenvalue weighted by Crippen LogP contribution is 2.27. The lowest BCUT2D eigenvalue weighted by Gasteiger charge is -2.04. The minimum Gasteiger partial charge on any atom is -0.490 e. The van der Waals surface area contributed by atoms with E-state index < -0.39 is 10.9 Å². The molecule has 0 atom stereocenters. The summed E-state index contributed by atoms with van der Waals surface area (Å²) in [7, 11) is 1.33. The van der Waals surface area contributed by atoms with Gasteiger partial charge in [0, 0.05) is 6.07 Å². The van der Waals surface area contributed by atoms with Crippen LogP contribution in [-0.2, 0) is 4.74 Å². The van der Waals surface area contributed by atoms with Crippen molar-refractivity contribution in [1.82, 2.24) is 0 Å². The maximum absolute atomic E-state index is 11.3. The van der Waals surface area contributed by atoms with Crippen LogP contribution in [0.1, 0.15) is 17.3 Å². The van der Waals surface area contributed by atoms with Gasteiger partial charge < -0.3 is 9.47 Å². The maximum atomic E-state index is 11.3. The number of carbonyl (C=O) groups is 1. The molecule has 1 rings (SSSR count). The third-order valence-electron chi connectivity index (χ3n) is 1.89. The highest BCUT2D eigenvalue weighted by molar-refractivity contribution is 5.90. The SMILES string of the molecule is CCOC(=O)c1ccc(OC)c([N+](=O)[O-])c1. The van der Waals surface area contributed by atoms with Crippen LogP contribution in [0.15, 0.2) is 18.2 Å². The molecule has 0 aliphatic rings. The van der Waals surface area contributed by atoms with Gasteiger partial charge in [0.05, 0.1) is 24.2 Å². The van der Waals surface area contributed by atoms with Crippen LogP contribution >= 0.6 is 0 Å². The average Bonchev–Trinajstić information content (AvgIpc) is 2.28. The summed E-state index contributed by atoms with van der Waals surface area (Å²) in [5.41, 5.74) is -0.123. The predicted molar refractivity (Wildman–Crippen MR) is 55.6 cm³/mol. The number of carbonyl (C=O) groups excluding carboxylic acids is 1. The number of nitro groups is 1. The molecule has 0 saturated carbocycles. The molecule has 0 heterocycles. The molecule has 6 heteroatoms. The Morgan fingerprint density at radius 1 is 1.50 bits per heavy atom. The minimum atomic E-state index is -0.610. The van der Waals surface area contributed by atoms with Crippen molar-refractivity contribution in [2.24, 2.45) is 0 Å². The zero-order chi connectivity index (χ0) is 12.1. The molecule has 86 valence electrons. The number of nitro benzene ring substituents is 1. The Morgan fingerprint density at radius 2 is 2.19 bits per heavy atom. The van der Waals surface area contributed by atoms with E-state index in [1.807, 2.05) is 0 Å². The standard InChI is InChI=1S/C10H11NO5/c1-3-16-10(12)7-4-5-9(15-2)8(6-7)11(13)14/h4-6H,3H2,1-2H3. The van der Waals surface area contributed by atoms with E-state index in [0.717, 1.165) is 6.07 Å². The molecule has 0 amide bonds. The summed E-state index contributed by atoms with van der Waals surface area (Å²) in [4.78, 5) is 21.4. The van der Waals surface area contributed by atoms with E-state index in [-0.39, 0.29) is 23.6 Å². The first-order valence-electron chi connectivity index (χ1n) is 4.59. The molecular weight excluding hydrogens is 214 g/mol. The molecule has 0 saturated heterocycles. The van der Waals surface area contributed by atoms with E-state index in [1.54, 1.807) is 6.92 Å². The van der Waals surface area contributed by atoms with Gasteiger partial charge in [0.2, 0.25) is 0 Å². The highest BCUT2D eigenvalue weighted by atomic mass is 16.6. The number of hydrogen-bond acceptors (Lipinski definition) is 5. The lowest BCUT2D eigenvalue weighted by molar-refractivity contribution is -0.385. The highest BCUT2D eigenvalue weighted by Gasteiger charge is 2.18. The van der Waals surface area contributed by atoms with Crippen LogP contribution in [0.2, 0.25) is 0 Å². The van der Waals surface area contributed by atoms with Crippen molar-refractivity contribution in [3.8, 4) is 5.75 Å². The number of hydrogen-bond donors (Lipinski definition) is 0. The van der Waals surface area contributed by atoms with Crippen molar-refractivity contribution in [2.75, 3.05) is 13.7 Å². The molecule has 0 fully saturated rings. The monoisotopic (exact) mass is 225 g/mol. The molecule has 0 spiro atoms. The Bertz CT molecular complexity index is 416. The molecule has 0 N–H and O–H groups in total. The van der Waals surface area contributed by atoms with Crippen molar-refractivity contribution >= 4 is 11.7 Å². The van der Waals surface area contributed by atoms with Crippen LogP contribution in [-0.4, -0.2) is 24.6 Å². The quantitative estimate of drug-likeness (QED) is 0.443. The van der Waals surface area contributed by atoms with E-state index in [4.69, 9.17) is 9.47 Å². The summed E-state index contributed by atoms with van der Waals surface area (Å²) in [5, 5.41) is 10.7. The van der Waals surface area contributed by atoms with E-state index in [2.05, 4.69) is 0 Å².